The van der Waals surface area contributed by atoms with E-state index in [1.54, 1.807) is 6.33 Å². The maximum Gasteiger partial charge on any atom is 0.138 e. The van der Waals surface area contributed by atoms with Gasteiger partial charge in [0, 0.05) is 23.1 Å². The van der Waals surface area contributed by atoms with Gasteiger partial charge in [0.15, 0.2) is 0 Å². The number of nitrogens with zero attached hydrogens (tertiary/aromatic N) is 3. The van der Waals surface area contributed by atoms with Gasteiger partial charge >= 0.3 is 0 Å². The highest BCUT2D eigenvalue weighted by molar-refractivity contribution is 14.1. The van der Waals surface area contributed by atoms with E-state index in [1.165, 1.54) is 9.13 Å². The lowest BCUT2D eigenvalue weighted by Crippen LogP contribution is -2.26. The zero-order valence-electron chi connectivity index (χ0n) is 11.3. The highest BCUT2D eigenvalue weighted by Crippen LogP contribution is 2.22. The predicted molar refractivity (Wildman–Crippen MR) is 84.9 cm³/mol. The van der Waals surface area contributed by atoms with Gasteiger partial charge in [-0.15, -0.1) is 0 Å². The first-order chi connectivity index (χ1) is 9.22. The van der Waals surface area contributed by atoms with Crippen LogP contribution in [0.2, 0.25) is 0 Å². The topological polar surface area (TPSA) is 42.7 Å². The molecule has 0 radical (unpaired) electrons. The molecule has 1 aromatic heterocycles. The third kappa shape index (κ3) is 3.76. The minimum Gasteiger partial charge on any atom is -0.310 e. The fraction of sp³-hybridized carbons (Fsp3) is 0.429. The summed E-state index contributed by atoms with van der Waals surface area (Å²) >= 11 is 2.39. The molecule has 0 amide bonds. The second-order valence-corrected chi connectivity index (χ2v) is 5.69. The Labute approximate surface area is 127 Å². The van der Waals surface area contributed by atoms with E-state index in [1.807, 2.05) is 11.7 Å². The summed E-state index contributed by atoms with van der Waals surface area (Å²) in [7, 11) is 1.94. The van der Waals surface area contributed by atoms with Crippen molar-refractivity contribution in [1.82, 2.24) is 20.1 Å². The molecule has 0 saturated heterocycles. The van der Waals surface area contributed by atoms with Crippen molar-refractivity contribution >= 4 is 22.6 Å². The van der Waals surface area contributed by atoms with Crippen LogP contribution < -0.4 is 5.32 Å². The van der Waals surface area contributed by atoms with Crippen LogP contribution in [0.1, 0.15) is 30.8 Å². The van der Waals surface area contributed by atoms with Crippen molar-refractivity contribution in [2.75, 3.05) is 6.54 Å². The molecule has 1 heterocycles. The normalized spacial score (nSPS) is 12.6. The lowest BCUT2D eigenvalue weighted by atomic mass is 10.0. The van der Waals surface area contributed by atoms with Crippen LogP contribution in [0.5, 0.6) is 0 Å². The number of rotatable bonds is 6. The van der Waals surface area contributed by atoms with Crippen LogP contribution in [-0.4, -0.2) is 21.3 Å². The molecule has 0 bridgehead atoms. The highest BCUT2D eigenvalue weighted by Gasteiger charge is 2.16. The zero-order chi connectivity index (χ0) is 13.7. The largest absolute Gasteiger partial charge is 0.310 e. The molecule has 1 atom stereocenters. The number of halogens is 1. The molecule has 5 heteroatoms. The summed E-state index contributed by atoms with van der Waals surface area (Å²) in [5.41, 5.74) is 1.33. The van der Waals surface area contributed by atoms with Gasteiger partial charge < -0.3 is 5.32 Å². The third-order valence-electron chi connectivity index (χ3n) is 3.11. The van der Waals surface area contributed by atoms with Gasteiger partial charge in [-0.1, -0.05) is 25.1 Å². The van der Waals surface area contributed by atoms with Gasteiger partial charge in [-0.2, -0.15) is 5.10 Å². The Balaban J connectivity index is 2.21. The van der Waals surface area contributed by atoms with E-state index in [2.05, 4.69) is 69.2 Å². The SMILES string of the molecule is CCCNC(Cc1ncnn1C)c1ccccc1I. The molecule has 0 fully saturated rings. The van der Waals surface area contributed by atoms with Gasteiger partial charge in [0.05, 0.1) is 0 Å². The minimum atomic E-state index is 0.288. The summed E-state index contributed by atoms with van der Waals surface area (Å²) < 4.78 is 3.13. The summed E-state index contributed by atoms with van der Waals surface area (Å²) in [5, 5.41) is 7.75. The van der Waals surface area contributed by atoms with Gasteiger partial charge in [-0.3, -0.25) is 4.68 Å². The summed E-state index contributed by atoms with van der Waals surface area (Å²) in [6, 6.07) is 8.79. The van der Waals surface area contributed by atoms with Crippen molar-refractivity contribution in [2.24, 2.45) is 7.05 Å². The molecule has 2 aromatic rings. The number of hydrogen-bond donors (Lipinski definition) is 1. The standard InChI is InChI=1S/C14H19IN4/c1-3-8-16-13(9-14-17-10-18-19(14)2)11-6-4-5-7-12(11)15/h4-7,10,13,16H,3,8-9H2,1-2H3. The quantitative estimate of drug-likeness (QED) is 0.796. The van der Waals surface area contributed by atoms with Crippen molar-refractivity contribution in [2.45, 2.75) is 25.8 Å². The molecule has 0 spiro atoms. The molecule has 2 rings (SSSR count). The number of benzene rings is 1. The molecule has 102 valence electrons. The van der Waals surface area contributed by atoms with Crippen LogP contribution in [0, 0.1) is 3.57 Å². The summed E-state index contributed by atoms with van der Waals surface area (Å²) in [6.07, 6.45) is 3.59. The molecular formula is C14H19IN4. The molecule has 0 saturated carbocycles. The molecule has 1 aromatic carbocycles. The van der Waals surface area contributed by atoms with Crippen molar-refractivity contribution < 1.29 is 0 Å². The van der Waals surface area contributed by atoms with Crippen LogP contribution in [0.25, 0.3) is 0 Å². The average molecular weight is 370 g/mol. The second kappa shape index (κ2) is 7.00. The van der Waals surface area contributed by atoms with Gasteiger partial charge in [0.25, 0.3) is 0 Å². The summed E-state index contributed by atoms with van der Waals surface area (Å²) in [4.78, 5) is 4.33. The fourth-order valence-corrected chi connectivity index (χ4v) is 2.82. The van der Waals surface area contributed by atoms with E-state index in [4.69, 9.17) is 0 Å². The van der Waals surface area contributed by atoms with Gasteiger partial charge in [0.2, 0.25) is 0 Å². The molecule has 1 unspecified atom stereocenters. The van der Waals surface area contributed by atoms with Gasteiger partial charge in [-0.05, 0) is 47.2 Å². The molecule has 0 aliphatic heterocycles. The average Bonchev–Trinajstić information content (AvgIpc) is 2.81. The molecule has 19 heavy (non-hydrogen) atoms. The molecule has 4 nitrogen and oxygen atoms in total. The number of aryl methyl sites for hydroxylation is 1. The first-order valence-corrected chi connectivity index (χ1v) is 7.61. The number of nitrogens with one attached hydrogen (secondary N) is 1. The fourth-order valence-electron chi connectivity index (χ4n) is 2.06. The van der Waals surface area contributed by atoms with Crippen molar-refractivity contribution in [3.63, 3.8) is 0 Å². The predicted octanol–water partition coefficient (Wildman–Crippen LogP) is 2.70. The first kappa shape index (κ1) is 14.5. The maximum atomic E-state index is 4.33. The second-order valence-electron chi connectivity index (χ2n) is 4.53. The van der Waals surface area contributed by atoms with E-state index in [0.717, 1.165) is 25.2 Å². The smallest absolute Gasteiger partial charge is 0.138 e. The Morgan fingerprint density at radius 2 is 2.16 bits per heavy atom. The van der Waals surface area contributed by atoms with Crippen molar-refractivity contribution in [3.8, 4) is 0 Å². The van der Waals surface area contributed by atoms with Crippen LogP contribution in [0.15, 0.2) is 30.6 Å². The Kier molecular flexibility index (Phi) is 5.33. The lowest BCUT2D eigenvalue weighted by molar-refractivity contribution is 0.505. The van der Waals surface area contributed by atoms with Crippen LogP contribution in [-0.2, 0) is 13.5 Å². The number of hydrogen-bond acceptors (Lipinski definition) is 3. The summed E-state index contributed by atoms with van der Waals surface area (Å²) in [5.74, 6) is 1.01. The zero-order valence-corrected chi connectivity index (χ0v) is 13.5. The van der Waals surface area contributed by atoms with Crippen molar-refractivity contribution in [1.29, 1.82) is 0 Å². The molecule has 0 aliphatic rings. The Bertz CT molecular complexity index is 524. The molecule has 0 aliphatic carbocycles. The van der Waals surface area contributed by atoms with Crippen LogP contribution >= 0.6 is 22.6 Å². The Morgan fingerprint density at radius 3 is 2.79 bits per heavy atom. The Morgan fingerprint density at radius 1 is 1.37 bits per heavy atom. The molecule has 1 N–H and O–H groups in total. The third-order valence-corrected chi connectivity index (χ3v) is 4.10. The minimum absolute atomic E-state index is 0.288. The first-order valence-electron chi connectivity index (χ1n) is 6.53. The Hall–Kier alpha value is -0.950. The highest BCUT2D eigenvalue weighted by atomic mass is 127. The lowest BCUT2D eigenvalue weighted by Gasteiger charge is -2.19. The van der Waals surface area contributed by atoms with E-state index >= 15 is 0 Å². The van der Waals surface area contributed by atoms with E-state index in [9.17, 15) is 0 Å². The monoisotopic (exact) mass is 370 g/mol. The van der Waals surface area contributed by atoms with E-state index in [0.29, 0.717) is 0 Å². The van der Waals surface area contributed by atoms with Gasteiger partial charge in [0.1, 0.15) is 12.2 Å². The van der Waals surface area contributed by atoms with E-state index in [-0.39, 0.29) is 6.04 Å². The van der Waals surface area contributed by atoms with Crippen LogP contribution in [0.4, 0.5) is 0 Å². The van der Waals surface area contributed by atoms with Gasteiger partial charge in [-0.25, -0.2) is 4.98 Å². The van der Waals surface area contributed by atoms with Crippen LogP contribution in [0.3, 0.4) is 0 Å². The maximum absolute atomic E-state index is 4.33. The molecular weight excluding hydrogens is 351 g/mol. The van der Waals surface area contributed by atoms with Crippen molar-refractivity contribution in [3.05, 3.63) is 45.6 Å². The number of aromatic nitrogens is 3. The van der Waals surface area contributed by atoms with E-state index < -0.39 is 0 Å². The summed E-state index contributed by atoms with van der Waals surface area (Å²) in [6.45, 7) is 3.19.